The number of methoxy groups -OCH3 is 1. The van der Waals surface area contributed by atoms with Crippen LogP contribution in [0, 0.1) is 0 Å². The van der Waals surface area contributed by atoms with E-state index in [1.807, 2.05) is 42.5 Å². The van der Waals surface area contributed by atoms with E-state index in [1.165, 1.54) is 5.01 Å². The van der Waals surface area contributed by atoms with Crippen LogP contribution >= 0.6 is 11.6 Å². The van der Waals surface area contributed by atoms with Crippen LogP contribution in [0.4, 0.5) is 5.69 Å². The lowest BCUT2D eigenvalue weighted by Crippen LogP contribution is -2.47. The predicted octanol–water partition coefficient (Wildman–Crippen LogP) is 3.00. The van der Waals surface area contributed by atoms with E-state index < -0.39 is 0 Å². The smallest absolute Gasteiger partial charge is 0.243 e. The molecule has 35 heavy (non-hydrogen) atoms. The molecule has 4 rings (SSSR count). The molecule has 0 saturated carbocycles. The van der Waals surface area contributed by atoms with Crippen molar-refractivity contribution < 1.29 is 14.3 Å². The van der Waals surface area contributed by atoms with Crippen LogP contribution in [0.5, 0.6) is 5.75 Å². The number of hydrogen-bond donors (Lipinski definition) is 1. The van der Waals surface area contributed by atoms with E-state index in [0.717, 1.165) is 66.9 Å². The summed E-state index contributed by atoms with van der Waals surface area (Å²) in [6.45, 7) is 5.31. The van der Waals surface area contributed by atoms with Gasteiger partial charge in [0, 0.05) is 56.3 Å². The third-order valence-electron chi connectivity index (χ3n) is 6.34. The molecule has 9 heteroatoms. The van der Waals surface area contributed by atoms with Crippen molar-refractivity contribution in [2.24, 2.45) is 5.10 Å². The number of anilines is 1. The number of halogens is 1. The van der Waals surface area contributed by atoms with Crippen molar-refractivity contribution >= 4 is 34.8 Å². The highest BCUT2D eigenvalue weighted by Crippen LogP contribution is 2.21. The van der Waals surface area contributed by atoms with Gasteiger partial charge in [-0.1, -0.05) is 17.7 Å². The zero-order valence-corrected chi connectivity index (χ0v) is 20.8. The molecular weight excluding hydrogens is 466 g/mol. The third kappa shape index (κ3) is 6.96. The minimum Gasteiger partial charge on any atom is -0.497 e. The molecule has 0 bridgehead atoms. The van der Waals surface area contributed by atoms with Crippen LogP contribution in [-0.4, -0.2) is 80.4 Å². The molecule has 0 radical (unpaired) electrons. The number of carbonyl (C=O) groups is 2. The Morgan fingerprint density at radius 2 is 1.86 bits per heavy atom. The maximum atomic E-state index is 12.4. The summed E-state index contributed by atoms with van der Waals surface area (Å²) in [4.78, 5) is 29.5. The first kappa shape index (κ1) is 25.0. The number of piperazine rings is 1. The molecule has 0 aromatic heterocycles. The fourth-order valence-electron chi connectivity index (χ4n) is 4.34. The summed E-state index contributed by atoms with van der Waals surface area (Å²) in [6, 6.07) is 15.5. The van der Waals surface area contributed by atoms with Crippen molar-refractivity contribution in [3.8, 4) is 5.75 Å². The lowest BCUT2D eigenvalue weighted by molar-refractivity contribution is -0.136. The normalized spacial score (nSPS) is 16.7. The van der Waals surface area contributed by atoms with Crippen LogP contribution in [0.25, 0.3) is 0 Å². The molecule has 2 aromatic rings. The van der Waals surface area contributed by atoms with E-state index in [-0.39, 0.29) is 18.4 Å². The number of hydrogen-bond acceptors (Lipinski definition) is 6. The third-order valence-corrected chi connectivity index (χ3v) is 6.58. The standard InChI is InChI=1S/C26H32ClN5O3/c1-35-23-8-6-20(7-9-23)24-10-11-26(34)32(29-24)19-25(33)28-12-3-13-30-14-16-31(17-15-30)22-5-2-4-21(27)18-22/h2,4-9,18H,3,10-17,19H2,1H3,(H,28,33). The van der Waals surface area contributed by atoms with Crippen LogP contribution in [-0.2, 0) is 9.59 Å². The second-order valence-corrected chi connectivity index (χ2v) is 9.18. The molecule has 2 aromatic carbocycles. The fraction of sp³-hybridized carbons (Fsp3) is 0.423. The van der Waals surface area contributed by atoms with Crippen molar-refractivity contribution in [3.63, 3.8) is 0 Å². The van der Waals surface area contributed by atoms with Gasteiger partial charge in [0.05, 0.1) is 12.8 Å². The SMILES string of the molecule is COc1ccc(C2=NN(CC(=O)NCCCN3CCN(c4cccc(Cl)c4)CC3)C(=O)CC2)cc1. The predicted molar refractivity (Wildman–Crippen MR) is 138 cm³/mol. The summed E-state index contributed by atoms with van der Waals surface area (Å²) < 4.78 is 5.19. The number of nitrogens with one attached hydrogen (secondary N) is 1. The molecule has 2 heterocycles. The van der Waals surface area contributed by atoms with Gasteiger partial charge in [0.2, 0.25) is 11.8 Å². The van der Waals surface area contributed by atoms with Gasteiger partial charge in [-0.3, -0.25) is 14.5 Å². The van der Waals surface area contributed by atoms with Crippen molar-refractivity contribution in [1.82, 2.24) is 15.2 Å². The van der Waals surface area contributed by atoms with E-state index in [1.54, 1.807) is 7.11 Å². The summed E-state index contributed by atoms with van der Waals surface area (Å²) in [5, 5.41) is 9.42. The van der Waals surface area contributed by atoms with Crippen molar-refractivity contribution in [3.05, 3.63) is 59.1 Å². The van der Waals surface area contributed by atoms with E-state index in [4.69, 9.17) is 16.3 Å². The highest BCUT2D eigenvalue weighted by atomic mass is 35.5. The van der Waals surface area contributed by atoms with Gasteiger partial charge in [0.15, 0.2) is 0 Å². The topological polar surface area (TPSA) is 77.5 Å². The summed E-state index contributed by atoms with van der Waals surface area (Å²) in [6.07, 6.45) is 1.77. The lowest BCUT2D eigenvalue weighted by Gasteiger charge is -2.36. The average molecular weight is 498 g/mol. The Bertz CT molecular complexity index is 1050. The van der Waals surface area contributed by atoms with Crippen molar-refractivity contribution in [2.75, 3.05) is 57.8 Å². The summed E-state index contributed by atoms with van der Waals surface area (Å²) >= 11 is 6.11. The van der Waals surface area contributed by atoms with Gasteiger partial charge in [-0.05, 0) is 61.0 Å². The minimum atomic E-state index is -0.191. The minimum absolute atomic E-state index is 0.0587. The molecule has 0 atom stereocenters. The van der Waals surface area contributed by atoms with Crippen LogP contribution in [0.15, 0.2) is 53.6 Å². The Balaban J connectivity index is 1.17. The van der Waals surface area contributed by atoms with Gasteiger partial charge in [-0.25, -0.2) is 5.01 Å². The first-order valence-electron chi connectivity index (χ1n) is 12.0. The Kier molecular flexibility index (Phi) is 8.60. The molecule has 1 saturated heterocycles. The zero-order chi connectivity index (χ0) is 24.6. The van der Waals surface area contributed by atoms with Gasteiger partial charge in [0.25, 0.3) is 0 Å². The first-order chi connectivity index (χ1) is 17.0. The number of amides is 2. The Hall–Kier alpha value is -3.10. The number of carbonyl (C=O) groups excluding carboxylic acids is 2. The number of benzene rings is 2. The van der Waals surface area contributed by atoms with Gasteiger partial charge in [-0.2, -0.15) is 5.10 Å². The maximum Gasteiger partial charge on any atom is 0.243 e. The molecule has 2 aliphatic rings. The van der Waals surface area contributed by atoms with Crippen molar-refractivity contribution in [2.45, 2.75) is 19.3 Å². The number of nitrogens with zero attached hydrogens (tertiary/aromatic N) is 4. The van der Waals surface area contributed by atoms with Crippen LogP contribution in [0.3, 0.4) is 0 Å². The quantitative estimate of drug-likeness (QED) is 0.539. The number of ether oxygens (including phenoxy) is 1. The molecule has 2 aliphatic heterocycles. The van der Waals surface area contributed by atoms with Crippen LogP contribution in [0.1, 0.15) is 24.8 Å². The molecular formula is C26H32ClN5O3. The Morgan fingerprint density at radius 3 is 2.57 bits per heavy atom. The van der Waals surface area contributed by atoms with Gasteiger partial charge in [-0.15, -0.1) is 0 Å². The molecule has 2 amide bonds. The largest absolute Gasteiger partial charge is 0.497 e. The van der Waals surface area contributed by atoms with E-state index in [2.05, 4.69) is 26.3 Å². The molecule has 0 aliphatic carbocycles. The molecule has 0 unspecified atom stereocenters. The van der Waals surface area contributed by atoms with Gasteiger partial charge >= 0.3 is 0 Å². The van der Waals surface area contributed by atoms with Gasteiger partial charge < -0.3 is 15.0 Å². The molecule has 1 fully saturated rings. The molecule has 186 valence electrons. The lowest BCUT2D eigenvalue weighted by atomic mass is 10.0. The Labute approximate surface area is 211 Å². The fourth-order valence-corrected chi connectivity index (χ4v) is 4.52. The second kappa shape index (κ2) is 12.0. The maximum absolute atomic E-state index is 12.4. The second-order valence-electron chi connectivity index (χ2n) is 8.74. The summed E-state index contributed by atoms with van der Waals surface area (Å²) in [5.74, 6) is 0.444. The van der Waals surface area contributed by atoms with Crippen LogP contribution in [0.2, 0.25) is 5.02 Å². The van der Waals surface area contributed by atoms with Crippen molar-refractivity contribution in [1.29, 1.82) is 0 Å². The summed E-state index contributed by atoms with van der Waals surface area (Å²) in [7, 11) is 1.62. The highest BCUT2D eigenvalue weighted by molar-refractivity contribution is 6.30. The number of hydrazone groups is 1. The Morgan fingerprint density at radius 1 is 1.09 bits per heavy atom. The van der Waals surface area contributed by atoms with E-state index >= 15 is 0 Å². The molecule has 0 spiro atoms. The van der Waals surface area contributed by atoms with Crippen LogP contribution < -0.4 is 15.0 Å². The highest BCUT2D eigenvalue weighted by Gasteiger charge is 2.23. The monoisotopic (exact) mass is 497 g/mol. The number of rotatable bonds is 9. The molecule has 1 N–H and O–H groups in total. The van der Waals surface area contributed by atoms with E-state index in [9.17, 15) is 9.59 Å². The molecule has 8 nitrogen and oxygen atoms in total. The average Bonchev–Trinajstić information content (AvgIpc) is 2.88. The first-order valence-corrected chi connectivity index (χ1v) is 12.4. The zero-order valence-electron chi connectivity index (χ0n) is 20.1. The van der Waals surface area contributed by atoms with E-state index in [0.29, 0.717) is 19.4 Å². The summed E-state index contributed by atoms with van der Waals surface area (Å²) in [5.41, 5.74) is 2.89. The van der Waals surface area contributed by atoms with Gasteiger partial charge in [0.1, 0.15) is 12.3 Å².